The molecule has 11 nitrogen and oxygen atoms in total. The molecule has 3 aromatic heterocycles. The Hall–Kier alpha value is -5.84. The van der Waals surface area contributed by atoms with Crippen molar-refractivity contribution in [1.29, 1.82) is 0 Å². The van der Waals surface area contributed by atoms with Gasteiger partial charge in [-0.2, -0.15) is 0 Å². The van der Waals surface area contributed by atoms with Gasteiger partial charge < -0.3 is 9.32 Å². The van der Waals surface area contributed by atoms with Gasteiger partial charge in [-0.25, -0.2) is 9.36 Å². The van der Waals surface area contributed by atoms with Gasteiger partial charge in [-0.15, -0.1) is 0 Å². The fraction of sp³-hybridized carbons (Fsp3) is 0.222. The molecule has 11 heteroatoms. The number of nitrogens with zero attached hydrogens (tertiary/aromatic N) is 4. The lowest BCUT2D eigenvalue weighted by molar-refractivity contribution is -0.384. The molecule has 47 heavy (non-hydrogen) atoms. The maximum atomic E-state index is 14.2. The number of nitrogens with one attached hydrogen (secondary N) is 2. The molecule has 6 aromatic rings. The van der Waals surface area contributed by atoms with Crippen LogP contribution in [0.25, 0.3) is 22.7 Å². The first kappa shape index (κ1) is 29.8. The molecule has 1 aliphatic rings. The lowest BCUT2D eigenvalue weighted by Crippen LogP contribution is -2.29. The van der Waals surface area contributed by atoms with Crippen LogP contribution >= 0.6 is 0 Å². The highest BCUT2D eigenvalue weighted by Crippen LogP contribution is 2.38. The fourth-order valence-corrected chi connectivity index (χ4v) is 6.63. The summed E-state index contributed by atoms with van der Waals surface area (Å²) in [5, 5.41) is 18.6. The van der Waals surface area contributed by atoms with Gasteiger partial charge in [0.05, 0.1) is 33.3 Å². The molecule has 0 atom stereocenters. The number of piperidine rings is 1. The minimum atomic E-state index is -0.881. The van der Waals surface area contributed by atoms with Gasteiger partial charge in [0, 0.05) is 36.1 Å². The summed E-state index contributed by atoms with van der Waals surface area (Å²) in [5.74, 6) is -0.123. The molecule has 1 saturated heterocycles. The zero-order valence-electron chi connectivity index (χ0n) is 26.1. The normalized spacial score (nSPS) is 13.4. The number of H-pyrrole nitrogens is 2. The summed E-state index contributed by atoms with van der Waals surface area (Å²) in [6, 6.07) is 27.0. The van der Waals surface area contributed by atoms with Crippen molar-refractivity contribution in [3.8, 4) is 22.7 Å². The summed E-state index contributed by atoms with van der Waals surface area (Å²) < 4.78 is 9.37. The third kappa shape index (κ3) is 5.39. The van der Waals surface area contributed by atoms with E-state index in [1.165, 1.54) is 15.4 Å². The van der Waals surface area contributed by atoms with Crippen molar-refractivity contribution in [3.05, 3.63) is 150 Å². The number of rotatable bonds is 8. The predicted molar refractivity (Wildman–Crippen MR) is 180 cm³/mol. The van der Waals surface area contributed by atoms with E-state index in [1.54, 1.807) is 32.0 Å². The Labute approximate surface area is 269 Å². The van der Waals surface area contributed by atoms with Gasteiger partial charge in [0.1, 0.15) is 17.2 Å². The lowest BCUT2D eigenvalue weighted by Gasteiger charge is -2.28. The second-order valence-corrected chi connectivity index (χ2v) is 11.9. The second kappa shape index (κ2) is 12.2. The van der Waals surface area contributed by atoms with Gasteiger partial charge in [-0.1, -0.05) is 36.4 Å². The number of benzene rings is 3. The molecule has 1 fully saturated rings. The Morgan fingerprint density at radius 2 is 1.30 bits per heavy atom. The molecule has 2 N–H and O–H groups in total. The monoisotopic (exact) mass is 630 g/mol. The third-order valence-electron chi connectivity index (χ3n) is 8.90. The van der Waals surface area contributed by atoms with Gasteiger partial charge in [0.2, 0.25) is 0 Å². The van der Waals surface area contributed by atoms with Crippen LogP contribution < -0.4 is 16.0 Å². The zero-order chi connectivity index (χ0) is 32.7. The van der Waals surface area contributed by atoms with Gasteiger partial charge in [0.25, 0.3) is 16.8 Å². The van der Waals surface area contributed by atoms with Gasteiger partial charge in [-0.3, -0.25) is 29.9 Å². The molecule has 3 aromatic carbocycles. The predicted octanol–water partition coefficient (Wildman–Crippen LogP) is 6.60. The Morgan fingerprint density at radius 3 is 1.83 bits per heavy atom. The van der Waals surface area contributed by atoms with Crippen LogP contribution in [-0.4, -0.2) is 37.6 Å². The molecule has 0 aliphatic carbocycles. The van der Waals surface area contributed by atoms with E-state index in [0.29, 0.717) is 56.7 Å². The molecular weight excluding hydrogens is 596 g/mol. The van der Waals surface area contributed by atoms with E-state index in [2.05, 4.69) is 15.1 Å². The van der Waals surface area contributed by atoms with E-state index in [0.717, 1.165) is 32.4 Å². The Bertz CT molecular complexity index is 2080. The third-order valence-corrected chi connectivity index (χ3v) is 8.90. The average Bonchev–Trinajstić information content (AvgIpc) is 3.79. The Balaban J connectivity index is 1.38. The first-order valence-corrected chi connectivity index (χ1v) is 15.7. The van der Waals surface area contributed by atoms with Crippen LogP contribution in [0.15, 0.2) is 105 Å². The smallest absolute Gasteiger partial charge is 0.293 e. The van der Waals surface area contributed by atoms with Crippen LogP contribution in [0.4, 0.5) is 11.4 Å². The average molecular weight is 631 g/mol. The number of nitro groups is 1. The second-order valence-electron chi connectivity index (χ2n) is 11.9. The largest absolute Gasteiger partial charge is 0.460 e. The number of nitro benzene ring substituents is 1. The number of aromatic amines is 2. The van der Waals surface area contributed by atoms with E-state index < -0.39 is 5.92 Å². The SMILES string of the molecule is Cc1[nH]n(-c2ccccc2)c(=O)c1C(c1ccc(-c2ccc(N3CCCCC3)c([N+](=O)[O-])c2)o1)c1c(C)[nH]n(-c2ccccc2)c1=O. The molecule has 238 valence electrons. The number of para-hydroxylation sites is 2. The van der Waals surface area contributed by atoms with Crippen molar-refractivity contribution in [2.24, 2.45) is 0 Å². The highest BCUT2D eigenvalue weighted by molar-refractivity contribution is 5.72. The summed E-state index contributed by atoms with van der Waals surface area (Å²) in [7, 11) is 0. The van der Waals surface area contributed by atoms with Crippen molar-refractivity contribution in [1.82, 2.24) is 19.6 Å². The van der Waals surface area contributed by atoms with Crippen molar-refractivity contribution in [2.45, 2.75) is 39.0 Å². The van der Waals surface area contributed by atoms with Crippen molar-refractivity contribution >= 4 is 11.4 Å². The molecule has 0 saturated carbocycles. The summed E-state index contributed by atoms with van der Waals surface area (Å²) in [6.45, 7) is 5.15. The summed E-state index contributed by atoms with van der Waals surface area (Å²) >= 11 is 0. The topological polar surface area (TPSA) is 135 Å². The lowest BCUT2D eigenvalue weighted by atomic mass is 9.89. The summed E-state index contributed by atoms with van der Waals surface area (Å²) in [6.07, 6.45) is 3.11. The van der Waals surface area contributed by atoms with Gasteiger partial charge in [0.15, 0.2) is 0 Å². The van der Waals surface area contributed by atoms with E-state index in [-0.39, 0.29) is 21.7 Å². The van der Waals surface area contributed by atoms with Crippen LogP contribution in [-0.2, 0) is 0 Å². The molecule has 0 amide bonds. The quantitative estimate of drug-likeness (QED) is 0.144. The molecule has 1 aliphatic heterocycles. The van der Waals surface area contributed by atoms with E-state index in [4.69, 9.17) is 4.42 Å². The standard InChI is InChI=1S/C36H34N6O5/c1-23-32(35(43)40(37-23)26-12-6-3-7-13-26)34(33-24(2)38-41(36(33)44)27-14-8-4-9-15-27)31-19-18-30(47-31)25-16-17-28(29(22-25)42(45)46)39-20-10-5-11-21-39/h3-4,6-9,12-19,22,34,37-38H,5,10-11,20-21H2,1-2H3. The highest BCUT2D eigenvalue weighted by Gasteiger charge is 2.33. The molecule has 7 rings (SSSR count). The maximum absolute atomic E-state index is 14.2. The van der Waals surface area contributed by atoms with Crippen molar-refractivity contribution < 1.29 is 9.34 Å². The molecule has 0 radical (unpaired) electrons. The van der Waals surface area contributed by atoms with Crippen LogP contribution in [0.3, 0.4) is 0 Å². The first-order valence-electron chi connectivity index (χ1n) is 15.7. The van der Waals surface area contributed by atoms with E-state index >= 15 is 0 Å². The Kier molecular flexibility index (Phi) is 7.72. The minimum absolute atomic E-state index is 0.0124. The van der Waals surface area contributed by atoms with Crippen LogP contribution in [0.5, 0.6) is 0 Å². The van der Waals surface area contributed by atoms with Crippen LogP contribution in [0, 0.1) is 24.0 Å². The number of anilines is 1. The fourth-order valence-electron chi connectivity index (χ4n) is 6.63. The zero-order valence-corrected chi connectivity index (χ0v) is 26.1. The van der Waals surface area contributed by atoms with Gasteiger partial charge in [-0.05, 0) is 81.6 Å². The highest BCUT2D eigenvalue weighted by atomic mass is 16.6. The number of furan rings is 1. The van der Waals surface area contributed by atoms with Crippen LogP contribution in [0.2, 0.25) is 0 Å². The number of hydrogen-bond donors (Lipinski definition) is 2. The van der Waals surface area contributed by atoms with Crippen LogP contribution in [0.1, 0.15) is 53.5 Å². The van der Waals surface area contributed by atoms with E-state index in [9.17, 15) is 19.7 Å². The molecule has 4 heterocycles. The number of aromatic nitrogens is 4. The number of aryl methyl sites for hydroxylation is 2. The van der Waals surface area contributed by atoms with Crippen molar-refractivity contribution in [3.63, 3.8) is 0 Å². The molecule has 0 spiro atoms. The summed E-state index contributed by atoms with van der Waals surface area (Å²) in [5.41, 5.74) is 3.69. The molecule has 0 unspecified atom stereocenters. The molecular formula is C36H34N6O5. The molecule has 0 bridgehead atoms. The van der Waals surface area contributed by atoms with Gasteiger partial charge >= 0.3 is 0 Å². The first-order chi connectivity index (χ1) is 22.8. The minimum Gasteiger partial charge on any atom is -0.460 e. The van der Waals surface area contributed by atoms with E-state index in [1.807, 2.05) is 66.7 Å². The summed E-state index contributed by atoms with van der Waals surface area (Å²) in [4.78, 5) is 42.2. The number of hydrogen-bond acceptors (Lipinski definition) is 6. The maximum Gasteiger partial charge on any atom is 0.293 e. The Morgan fingerprint density at radius 1 is 0.745 bits per heavy atom. The van der Waals surface area contributed by atoms with Crippen molar-refractivity contribution in [2.75, 3.05) is 18.0 Å².